The van der Waals surface area contributed by atoms with Gasteiger partial charge in [0.15, 0.2) is 6.54 Å². The van der Waals surface area contributed by atoms with E-state index in [9.17, 15) is 18.0 Å². The minimum atomic E-state index is -4.47. The molecule has 6 nitrogen and oxygen atoms in total. The minimum Gasteiger partial charge on any atom is -0.378 e. The van der Waals surface area contributed by atoms with Gasteiger partial charge in [0.05, 0.1) is 30.2 Å². The van der Waals surface area contributed by atoms with Gasteiger partial charge in [-0.1, -0.05) is 0 Å². The van der Waals surface area contributed by atoms with Crippen LogP contribution in [0, 0.1) is 0 Å². The standard InChI is InChI=1S/C19H26F3N3O3/c1-13-10-24(11-14(2)28-13)12-18(26)23-16-9-15(19(20,21)22)3-4-17(16)25-5-7-27-8-6-25/h3-4,9,13-14H,5-8,10-12H2,1-2H3,(H,23,26)/p+1/t13-,14-/m0/s1. The zero-order valence-corrected chi connectivity index (χ0v) is 16.1. The molecule has 2 N–H and O–H groups in total. The second-order valence-electron chi connectivity index (χ2n) is 7.47. The highest BCUT2D eigenvalue weighted by molar-refractivity contribution is 5.95. The molecule has 0 unspecified atom stereocenters. The summed E-state index contributed by atoms with van der Waals surface area (Å²) in [5.74, 6) is -0.301. The molecule has 0 bridgehead atoms. The Morgan fingerprint density at radius 1 is 1.21 bits per heavy atom. The molecule has 2 atom stereocenters. The fourth-order valence-corrected chi connectivity index (χ4v) is 3.85. The second kappa shape index (κ2) is 8.67. The molecule has 2 fully saturated rings. The van der Waals surface area contributed by atoms with E-state index in [0.717, 1.165) is 17.0 Å². The summed E-state index contributed by atoms with van der Waals surface area (Å²) in [6, 6.07) is 3.50. The van der Waals surface area contributed by atoms with Crippen LogP contribution in [-0.4, -0.2) is 64.1 Å². The zero-order valence-electron chi connectivity index (χ0n) is 16.1. The van der Waals surface area contributed by atoms with Gasteiger partial charge in [-0.25, -0.2) is 0 Å². The molecule has 9 heteroatoms. The van der Waals surface area contributed by atoms with Crippen LogP contribution in [0.1, 0.15) is 19.4 Å². The van der Waals surface area contributed by atoms with Gasteiger partial charge in [0.1, 0.15) is 25.3 Å². The summed E-state index contributed by atoms with van der Waals surface area (Å²) >= 11 is 0. The van der Waals surface area contributed by atoms with Gasteiger partial charge in [-0.3, -0.25) is 4.79 Å². The molecule has 156 valence electrons. The fourth-order valence-electron chi connectivity index (χ4n) is 3.85. The van der Waals surface area contributed by atoms with Crippen LogP contribution in [0.15, 0.2) is 18.2 Å². The van der Waals surface area contributed by atoms with E-state index in [1.165, 1.54) is 6.07 Å². The van der Waals surface area contributed by atoms with Crippen LogP contribution in [0.3, 0.4) is 0 Å². The normalized spacial score (nSPS) is 26.2. The molecule has 2 heterocycles. The number of hydrogen-bond acceptors (Lipinski definition) is 4. The van der Waals surface area contributed by atoms with Gasteiger partial charge in [-0.2, -0.15) is 13.2 Å². The van der Waals surface area contributed by atoms with Crippen molar-refractivity contribution in [1.82, 2.24) is 0 Å². The Labute approximate surface area is 162 Å². The molecule has 0 radical (unpaired) electrons. The van der Waals surface area contributed by atoms with Crippen molar-refractivity contribution < 1.29 is 32.3 Å². The van der Waals surface area contributed by atoms with Crippen molar-refractivity contribution in [1.29, 1.82) is 0 Å². The van der Waals surface area contributed by atoms with Crippen molar-refractivity contribution in [3.05, 3.63) is 23.8 Å². The van der Waals surface area contributed by atoms with Crippen molar-refractivity contribution in [2.75, 3.05) is 56.2 Å². The van der Waals surface area contributed by atoms with Crippen molar-refractivity contribution in [2.45, 2.75) is 32.2 Å². The molecule has 0 aliphatic carbocycles. The van der Waals surface area contributed by atoms with Crippen LogP contribution >= 0.6 is 0 Å². The molecule has 0 aromatic heterocycles. The summed E-state index contributed by atoms with van der Waals surface area (Å²) in [6.07, 6.45) is -4.38. The lowest BCUT2D eigenvalue weighted by Crippen LogP contribution is -3.16. The molecule has 1 amide bonds. The molecule has 28 heavy (non-hydrogen) atoms. The monoisotopic (exact) mass is 402 g/mol. The third-order valence-electron chi connectivity index (χ3n) is 4.98. The van der Waals surface area contributed by atoms with Gasteiger partial charge >= 0.3 is 6.18 Å². The summed E-state index contributed by atoms with van der Waals surface area (Å²) in [5, 5.41) is 2.71. The van der Waals surface area contributed by atoms with Crippen LogP contribution < -0.4 is 15.1 Å². The van der Waals surface area contributed by atoms with Crippen molar-refractivity contribution >= 4 is 17.3 Å². The molecule has 2 aliphatic rings. The topological polar surface area (TPSA) is 55.2 Å². The lowest BCUT2D eigenvalue weighted by atomic mass is 10.1. The highest BCUT2D eigenvalue weighted by atomic mass is 19.4. The van der Waals surface area contributed by atoms with Crippen molar-refractivity contribution in [2.24, 2.45) is 0 Å². The Morgan fingerprint density at radius 3 is 2.46 bits per heavy atom. The number of nitrogens with one attached hydrogen (secondary N) is 2. The van der Waals surface area contributed by atoms with E-state index in [4.69, 9.17) is 9.47 Å². The first-order valence-corrected chi connectivity index (χ1v) is 9.55. The highest BCUT2D eigenvalue weighted by Crippen LogP contribution is 2.35. The van der Waals surface area contributed by atoms with Gasteiger partial charge < -0.3 is 24.6 Å². The number of carbonyl (C=O) groups is 1. The number of anilines is 2. The SMILES string of the molecule is C[C@H]1C[NH+](CC(=O)Nc2cc(C(F)(F)F)ccc2N2CCOCC2)C[C@H](C)O1. The third-order valence-corrected chi connectivity index (χ3v) is 4.98. The van der Waals surface area contributed by atoms with E-state index in [1.54, 1.807) is 0 Å². The molecule has 1 aromatic carbocycles. The molecule has 3 rings (SSSR count). The third kappa shape index (κ3) is 5.36. The summed E-state index contributed by atoms with van der Waals surface area (Å²) in [4.78, 5) is 15.6. The predicted molar refractivity (Wildman–Crippen MR) is 98.7 cm³/mol. The lowest BCUT2D eigenvalue weighted by Gasteiger charge is -2.32. The average molecular weight is 402 g/mol. The van der Waals surface area contributed by atoms with E-state index in [0.29, 0.717) is 45.1 Å². The first kappa shape index (κ1) is 20.9. The minimum absolute atomic E-state index is 0.0454. The summed E-state index contributed by atoms with van der Waals surface area (Å²) in [6.45, 7) is 7.62. The Hall–Kier alpha value is -1.84. The summed E-state index contributed by atoms with van der Waals surface area (Å²) in [5.41, 5.74) is -0.000353. The van der Waals surface area contributed by atoms with Gasteiger partial charge in [-0.15, -0.1) is 0 Å². The average Bonchev–Trinajstić information content (AvgIpc) is 2.60. The molecule has 1 aromatic rings. The largest absolute Gasteiger partial charge is 0.416 e. The number of rotatable bonds is 4. The number of ether oxygens (including phenoxy) is 2. The van der Waals surface area contributed by atoms with Crippen LogP contribution in [-0.2, 0) is 20.4 Å². The number of benzene rings is 1. The molecule has 0 saturated carbocycles. The first-order valence-electron chi connectivity index (χ1n) is 9.55. The highest BCUT2D eigenvalue weighted by Gasteiger charge is 2.32. The molecule has 0 spiro atoms. The lowest BCUT2D eigenvalue weighted by molar-refractivity contribution is -0.907. The summed E-state index contributed by atoms with van der Waals surface area (Å²) < 4.78 is 50.5. The maximum absolute atomic E-state index is 13.2. The second-order valence-corrected chi connectivity index (χ2v) is 7.47. The number of alkyl halides is 3. The Morgan fingerprint density at radius 2 is 1.86 bits per heavy atom. The zero-order chi connectivity index (χ0) is 20.3. The van der Waals surface area contributed by atoms with Gasteiger partial charge in [0.2, 0.25) is 0 Å². The molecule has 2 saturated heterocycles. The van der Waals surface area contributed by atoms with Crippen LogP contribution in [0.25, 0.3) is 0 Å². The summed E-state index contributed by atoms with van der Waals surface area (Å²) in [7, 11) is 0. The van der Waals surface area contributed by atoms with E-state index < -0.39 is 11.7 Å². The Kier molecular flexibility index (Phi) is 6.47. The number of nitrogens with zero attached hydrogens (tertiary/aromatic N) is 1. The van der Waals surface area contributed by atoms with E-state index in [2.05, 4.69) is 5.32 Å². The van der Waals surface area contributed by atoms with Crippen LogP contribution in [0.4, 0.5) is 24.5 Å². The smallest absolute Gasteiger partial charge is 0.378 e. The Bertz CT molecular complexity index is 683. The number of carbonyl (C=O) groups excluding carboxylic acids is 1. The number of amides is 1. The number of morpholine rings is 2. The maximum Gasteiger partial charge on any atom is 0.416 e. The number of hydrogen-bond donors (Lipinski definition) is 2. The van der Waals surface area contributed by atoms with E-state index in [1.807, 2.05) is 18.7 Å². The van der Waals surface area contributed by atoms with E-state index >= 15 is 0 Å². The van der Waals surface area contributed by atoms with Crippen molar-refractivity contribution in [3.63, 3.8) is 0 Å². The molecule has 2 aliphatic heterocycles. The van der Waals surface area contributed by atoms with Crippen LogP contribution in [0.5, 0.6) is 0 Å². The van der Waals surface area contributed by atoms with Crippen LogP contribution in [0.2, 0.25) is 0 Å². The fraction of sp³-hybridized carbons (Fsp3) is 0.632. The maximum atomic E-state index is 13.2. The number of halogens is 3. The first-order chi connectivity index (χ1) is 13.2. The Balaban J connectivity index is 1.76. The van der Waals surface area contributed by atoms with Crippen molar-refractivity contribution in [3.8, 4) is 0 Å². The van der Waals surface area contributed by atoms with E-state index in [-0.39, 0.29) is 30.3 Å². The molecular formula is C19H27F3N3O3+. The predicted octanol–water partition coefficient (Wildman–Crippen LogP) is 1.17. The number of quaternary nitrogens is 1. The molecular weight excluding hydrogens is 375 g/mol. The van der Waals surface area contributed by atoms with Gasteiger partial charge in [0, 0.05) is 13.1 Å². The quantitative estimate of drug-likeness (QED) is 0.794. The van der Waals surface area contributed by atoms with Gasteiger partial charge in [0.25, 0.3) is 5.91 Å². The van der Waals surface area contributed by atoms with Gasteiger partial charge in [-0.05, 0) is 32.0 Å².